The van der Waals surface area contributed by atoms with E-state index in [1.54, 1.807) is 32.6 Å². The Balaban J connectivity index is 0.000000362. The Morgan fingerprint density at radius 1 is 0.737 bits per heavy atom. The van der Waals surface area contributed by atoms with Crippen LogP contribution in [0.25, 0.3) is 10.9 Å². The quantitative estimate of drug-likeness (QED) is 0.247. The van der Waals surface area contributed by atoms with Crippen LogP contribution in [0.4, 0.5) is 5.69 Å². The summed E-state index contributed by atoms with van der Waals surface area (Å²) in [5.41, 5.74) is 3.22. The lowest BCUT2D eigenvalue weighted by atomic mass is 9.96. The zero-order valence-electron chi connectivity index (χ0n) is 36.5. The van der Waals surface area contributed by atoms with E-state index in [0.717, 1.165) is 16.6 Å². The van der Waals surface area contributed by atoms with Crippen molar-refractivity contribution in [3.8, 4) is 0 Å². The van der Waals surface area contributed by atoms with E-state index in [1.807, 2.05) is 80.5 Å². The number of carbonyl (C=O) groups is 4. The molecular weight excluding hydrogens is 725 g/mol. The van der Waals surface area contributed by atoms with Gasteiger partial charge in [0.05, 0.1) is 55.1 Å². The number of morpholine rings is 2. The molecule has 13 heteroatoms. The van der Waals surface area contributed by atoms with Crippen LogP contribution in [0.1, 0.15) is 102 Å². The molecule has 0 saturated carbocycles. The molecule has 0 bridgehead atoms. The second-order valence-electron chi connectivity index (χ2n) is 14.6. The first-order valence-electron chi connectivity index (χ1n) is 20.6. The Morgan fingerprint density at radius 2 is 1.26 bits per heavy atom. The third kappa shape index (κ3) is 13.5. The molecule has 2 fully saturated rings. The number of hydrogen-bond donors (Lipinski definition) is 2. The lowest BCUT2D eigenvalue weighted by Crippen LogP contribution is -2.45. The van der Waals surface area contributed by atoms with E-state index in [0.29, 0.717) is 81.0 Å². The number of amides is 4. The fourth-order valence-corrected chi connectivity index (χ4v) is 5.99. The maximum absolute atomic E-state index is 13.2. The molecule has 2 aromatic carbocycles. The van der Waals surface area contributed by atoms with Gasteiger partial charge in [-0.05, 0) is 48.9 Å². The van der Waals surface area contributed by atoms with Crippen molar-refractivity contribution in [1.82, 2.24) is 24.7 Å². The molecule has 0 radical (unpaired) electrons. The fourth-order valence-electron chi connectivity index (χ4n) is 5.99. The lowest BCUT2D eigenvalue weighted by Gasteiger charge is -2.28. The van der Waals surface area contributed by atoms with Crippen LogP contribution < -0.4 is 16.2 Å². The first kappa shape index (κ1) is 48.5. The number of aromatic nitrogens is 2. The van der Waals surface area contributed by atoms with Crippen molar-refractivity contribution < 1.29 is 28.7 Å². The maximum atomic E-state index is 13.2. The Morgan fingerprint density at radius 3 is 1.81 bits per heavy atom. The molecule has 1 aromatic heterocycles. The van der Waals surface area contributed by atoms with Gasteiger partial charge in [0.25, 0.3) is 11.5 Å². The van der Waals surface area contributed by atoms with Crippen molar-refractivity contribution in [2.75, 3.05) is 64.5 Å². The summed E-state index contributed by atoms with van der Waals surface area (Å²) in [7, 11) is 0. The summed E-state index contributed by atoms with van der Waals surface area (Å²) in [6, 6.07) is 10.9. The van der Waals surface area contributed by atoms with Gasteiger partial charge in [0.15, 0.2) is 0 Å². The molecule has 13 nitrogen and oxygen atoms in total. The largest absolute Gasteiger partial charge is 0.378 e. The highest BCUT2D eigenvalue weighted by Gasteiger charge is 2.25. The van der Waals surface area contributed by atoms with Crippen molar-refractivity contribution in [2.24, 2.45) is 17.8 Å². The molecule has 3 heterocycles. The molecule has 0 spiro atoms. The highest BCUT2D eigenvalue weighted by Crippen LogP contribution is 2.25. The summed E-state index contributed by atoms with van der Waals surface area (Å²) < 4.78 is 12.1. The molecule has 3 aromatic rings. The number of hydrogen-bond acceptors (Lipinski definition) is 8. The van der Waals surface area contributed by atoms with Crippen LogP contribution >= 0.6 is 0 Å². The molecule has 4 amide bonds. The molecule has 5 rings (SSSR count). The van der Waals surface area contributed by atoms with Crippen molar-refractivity contribution >= 4 is 40.2 Å². The minimum atomic E-state index is -0.382. The zero-order valence-corrected chi connectivity index (χ0v) is 36.5. The minimum absolute atomic E-state index is 0.0299. The SMILES string of the molecule is CC.CC.Cc1cccc(C(=O)NCC(=O)N2CCOCC2)c1NC(=O)C(C)C(C)C.Cc1cccc2c(=O)n(CC(=O)N3CCOCC3)c(C(C)C(C)C)nc12. The summed E-state index contributed by atoms with van der Waals surface area (Å²) in [4.78, 5) is 71.5. The fraction of sp³-hybridized carbons (Fsp3) is 0.591. The van der Waals surface area contributed by atoms with Gasteiger partial charge in [0.2, 0.25) is 17.7 Å². The van der Waals surface area contributed by atoms with Gasteiger partial charge in [-0.15, -0.1) is 0 Å². The summed E-state index contributed by atoms with van der Waals surface area (Å²) in [6.07, 6.45) is 0. The van der Waals surface area contributed by atoms with E-state index in [4.69, 9.17) is 14.5 Å². The van der Waals surface area contributed by atoms with Gasteiger partial charge in [-0.2, -0.15) is 0 Å². The van der Waals surface area contributed by atoms with E-state index in [9.17, 15) is 24.0 Å². The summed E-state index contributed by atoms with van der Waals surface area (Å²) >= 11 is 0. The number of nitrogens with one attached hydrogen (secondary N) is 2. The van der Waals surface area contributed by atoms with Gasteiger partial charge in [-0.1, -0.05) is 93.5 Å². The van der Waals surface area contributed by atoms with Gasteiger partial charge in [0.1, 0.15) is 12.4 Å². The van der Waals surface area contributed by atoms with Gasteiger partial charge in [-0.3, -0.25) is 28.5 Å². The van der Waals surface area contributed by atoms with Gasteiger partial charge < -0.3 is 29.9 Å². The Bertz CT molecular complexity index is 1830. The van der Waals surface area contributed by atoms with Crippen LogP contribution in [0, 0.1) is 31.6 Å². The van der Waals surface area contributed by atoms with Crippen LogP contribution in [-0.4, -0.2) is 102 Å². The van der Waals surface area contributed by atoms with Crippen molar-refractivity contribution in [2.45, 2.75) is 95.5 Å². The molecule has 316 valence electrons. The summed E-state index contributed by atoms with van der Waals surface area (Å²) in [5.74, 6) is 0.386. The number of nitrogens with zero attached hydrogens (tertiary/aromatic N) is 4. The first-order chi connectivity index (χ1) is 27.2. The molecule has 2 saturated heterocycles. The van der Waals surface area contributed by atoms with Crippen LogP contribution in [0.3, 0.4) is 0 Å². The second kappa shape index (κ2) is 24.2. The van der Waals surface area contributed by atoms with Crippen LogP contribution in [-0.2, 0) is 30.4 Å². The van der Waals surface area contributed by atoms with E-state index in [1.165, 1.54) is 0 Å². The normalized spacial score (nSPS) is 14.9. The Kier molecular flexibility index (Phi) is 20.6. The van der Waals surface area contributed by atoms with Gasteiger partial charge >= 0.3 is 0 Å². The van der Waals surface area contributed by atoms with Crippen molar-refractivity contribution in [1.29, 1.82) is 0 Å². The molecule has 2 atom stereocenters. The smallest absolute Gasteiger partial charge is 0.261 e. The van der Waals surface area contributed by atoms with E-state index in [2.05, 4.69) is 31.4 Å². The molecule has 2 unspecified atom stereocenters. The van der Waals surface area contributed by atoms with Gasteiger partial charge in [0, 0.05) is 38.0 Å². The van der Waals surface area contributed by atoms with E-state index < -0.39 is 0 Å². The molecule has 2 N–H and O–H groups in total. The second-order valence-corrected chi connectivity index (χ2v) is 14.6. The highest BCUT2D eigenvalue weighted by molar-refractivity contribution is 6.05. The van der Waals surface area contributed by atoms with Crippen molar-refractivity contribution in [3.05, 3.63) is 69.3 Å². The molecule has 57 heavy (non-hydrogen) atoms. The van der Waals surface area contributed by atoms with E-state index >= 15 is 0 Å². The maximum Gasteiger partial charge on any atom is 0.261 e. The number of benzene rings is 2. The van der Waals surface area contributed by atoms with Crippen molar-refractivity contribution in [3.63, 3.8) is 0 Å². The minimum Gasteiger partial charge on any atom is -0.378 e. The number of anilines is 1. The van der Waals surface area contributed by atoms with Crippen LogP contribution in [0.15, 0.2) is 41.2 Å². The summed E-state index contributed by atoms with van der Waals surface area (Å²) in [6.45, 7) is 28.2. The average molecular weight is 793 g/mol. The molecule has 0 aliphatic carbocycles. The zero-order chi connectivity index (χ0) is 42.8. The number of ether oxygens (including phenoxy) is 2. The number of carbonyl (C=O) groups excluding carboxylic acids is 4. The third-order valence-electron chi connectivity index (χ3n) is 10.2. The van der Waals surface area contributed by atoms with E-state index in [-0.39, 0.29) is 60.0 Å². The van der Waals surface area contributed by atoms with Crippen LogP contribution in [0.5, 0.6) is 0 Å². The Hall–Kier alpha value is -4.62. The first-order valence-corrected chi connectivity index (χ1v) is 20.6. The molecule has 2 aliphatic rings. The molecular formula is C44H68N6O7. The standard InChI is InChI=1S/C20H29N3O4.C20H27N3O3.2C2H6/c1-13(2)15(4)19(25)22-18-14(3)6-5-7-16(18)20(26)21-12-17(24)23-8-10-27-11-9-23;1-13(2)15(4)19-21-18-14(3)6-5-7-16(18)20(25)23(19)12-17(24)22-8-10-26-11-9-22;2*1-2/h5-7,13,15H,8-12H2,1-4H3,(H,21,26)(H,22,25);5-7,13,15H,8-12H2,1-4H3;2*1-2H3. The highest BCUT2D eigenvalue weighted by atomic mass is 16.5. The van der Waals surface area contributed by atoms with Crippen LogP contribution in [0.2, 0.25) is 0 Å². The predicted octanol–water partition coefficient (Wildman–Crippen LogP) is 6.19. The van der Waals surface area contributed by atoms with Gasteiger partial charge in [-0.25, -0.2) is 4.98 Å². The predicted molar refractivity (Wildman–Crippen MR) is 228 cm³/mol. The number of para-hydroxylation sites is 2. The molecule has 2 aliphatic heterocycles. The number of fused-ring (bicyclic) bond motifs is 1. The summed E-state index contributed by atoms with van der Waals surface area (Å²) in [5, 5.41) is 6.12. The average Bonchev–Trinajstić information content (AvgIpc) is 3.23. The third-order valence-corrected chi connectivity index (χ3v) is 10.2. The monoisotopic (exact) mass is 793 g/mol. The Labute approximate surface area is 339 Å². The number of rotatable bonds is 10. The lowest BCUT2D eigenvalue weighted by molar-refractivity contribution is -0.136. The number of aryl methyl sites for hydroxylation is 2. The topological polar surface area (TPSA) is 152 Å².